The molecule has 0 aliphatic heterocycles. The SMILES string of the molecule is NPP[S][Sn]. The average molecular weight is 231 g/mol. The first-order chi connectivity index (χ1) is 2.41. The van der Waals surface area contributed by atoms with Crippen LogP contribution in [0.4, 0.5) is 0 Å². The summed E-state index contributed by atoms with van der Waals surface area (Å²) < 4.78 is 0. The summed E-state index contributed by atoms with van der Waals surface area (Å²) in [7, 11) is 3.54. The molecule has 0 amide bonds. The molecule has 0 aromatic carbocycles. The van der Waals surface area contributed by atoms with Crippen LogP contribution in [-0.2, 0) is 0 Å². The summed E-state index contributed by atoms with van der Waals surface area (Å²) in [5, 5.41) is 0. The minimum absolute atomic E-state index is 0.671. The van der Waals surface area contributed by atoms with Crippen LogP contribution >= 0.6 is 24.5 Å². The van der Waals surface area contributed by atoms with Crippen LogP contribution < -0.4 is 5.50 Å². The Kier molecular flexibility index (Phi) is 8.32. The Bertz CT molecular complexity index is 17.1. The Morgan fingerprint density at radius 2 is 2.40 bits per heavy atom. The number of rotatable bonds is 2. The van der Waals surface area contributed by atoms with E-state index in [0.29, 0.717) is 8.42 Å². The van der Waals surface area contributed by atoms with Gasteiger partial charge in [-0.3, -0.25) is 0 Å². The monoisotopic (exact) mass is 232 g/mol. The predicted octanol–water partition coefficient (Wildman–Crippen LogP) is 0.864. The van der Waals surface area contributed by atoms with Crippen molar-refractivity contribution in [2.75, 3.05) is 0 Å². The Morgan fingerprint density at radius 1 is 1.80 bits per heavy atom. The Labute approximate surface area is 51.0 Å². The second-order valence-corrected chi connectivity index (χ2v) is 10.2. The molecular weight excluding hydrogens is 227 g/mol. The van der Waals surface area contributed by atoms with E-state index in [-0.39, 0.29) is 0 Å². The molecule has 0 aliphatic rings. The number of nitrogens with two attached hydrogens (primary N) is 1. The maximum absolute atomic E-state index is 5.17. The summed E-state index contributed by atoms with van der Waals surface area (Å²) in [6.45, 7) is 0. The van der Waals surface area contributed by atoms with E-state index in [9.17, 15) is 0 Å². The van der Waals surface area contributed by atoms with E-state index in [1.165, 1.54) is 0 Å². The molecule has 0 aromatic heterocycles. The van der Waals surface area contributed by atoms with Crippen molar-refractivity contribution in [3.05, 3.63) is 0 Å². The molecule has 1 nitrogen and oxygen atoms in total. The molecule has 0 fully saturated rings. The second kappa shape index (κ2) is 5.97. The van der Waals surface area contributed by atoms with Gasteiger partial charge in [-0.2, -0.15) is 0 Å². The Balaban J connectivity index is 2.19. The molecule has 0 aromatic rings. The molecule has 5 heavy (non-hydrogen) atoms. The predicted molar refractivity (Wildman–Crippen MR) is 34.2 cm³/mol. The Morgan fingerprint density at radius 3 is 2.40 bits per heavy atom. The minimum atomic E-state index is 0.671. The molecule has 0 saturated carbocycles. The van der Waals surface area contributed by atoms with Crippen LogP contribution in [0.3, 0.4) is 0 Å². The summed E-state index contributed by atoms with van der Waals surface area (Å²) in [6.07, 6.45) is 0. The fraction of sp³-hybridized carbons (Fsp3) is 0. The van der Waals surface area contributed by atoms with Gasteiger partial charge >= 0.3 is 51.1 Å². The molecule has 2 unspecified atom stereocenters. The molecular formula is H4NP2SSn. The molecule has 0 saturated heterocycles. The molecule has 5 heteroatoms. The third-order valence-corrected chi connectivity index (χ3v) is 10.8. The van der Waals surface area contributed by atoms with Crippen molar-refractivity contribution < 1.29 is 0 Å². The topological polar surface area (TPSA) is 26.0 Å². The van der Waals surface area contributed by atoms with E-state index >= 15 is 0 Å². The van der Waals surface area contributed by atoms with Crippen LogP contribution in [0.2, 0.25) is 0 Å². The van der Waals surface area contributed by atoms with E-state index in [2.05, 4.69) is 0 Å². The number of hydrogen-bond donors (Lipinski definition) is 1. The third kappa shape index (κ3) is 5.97. The van der Waals surface area contributed by atoms with Crippen molar-refractivity contribution in [3.8, 4) is 0 Å². The summed E-state index contributed by atoms with van der Waals surface area (Å²) in [4.78, 5) is 0. The van der Waals surface area contributed by atoms with Crippen LogP contribution in [0.15, 0.2) is 0 Å². The van der Waals surface area contributed by atoms with Gasteiger partial charge in [-0.1, -0.05) is 0 Å². The van der Waals surface area contributed by atoms with E-state index in [1.807, 2.05) is 8.57 Å². The van der Waals surface area contributed by atoms with Crippen molar-refractivity contribution in [1.29, 1.82) is 0 Å². The fourth-order valence-electron chi connectivity index (χ4n) is 0.0295. The van der Waals surface area contributed by atoms with E-state index in [0.717, 1.165) is 7.47 Å². The summed E-state index contributed by atoms with van der Waals surface area (Å²) >= 11 is 1.54. The van der Waals surface area contributed by atoms with Crippen LogP contribution in [0.5, 0.6) is 0 Å². The molecule has 0 aliphatic carbocycles. The Hall–Kier alpha value is 1.97. The molecule has 2 atom stereocenters. The first-order valence-corrected chi connectivity index (χ1v) is 9.06. The van der Waals surface area contributed by atoms with Gasteiger partial charge in [-0.25, -0.2) is 0 Å². The molecule has 3 radical (unpaired) electrons. The van der Waals surface area contributed by atoms with Gasteiger partial charge in [-0.05, 0) is 0 Å². The first-order valence-electron chi connectivity index (χ1n) is 0.947. The molecule has 29 valence electrons. The standard InChI is InChI=1S/H4NP2S.Sn/c1-2-3-4;/h2-3H,1H2;/q-1;+1. The van der Waals surface area contributed by atoms with Crippen LogP contribution in [0.1, 0.15) is 0 Å². The van der Waals surface area contributed by atoms with E-state index < -0.39 is 0 Å². The van der Waals surface area contributed by atoms with Crippen molar-refractivity contribution in [2.24, 2.45) is 5.50 Å². The summed E-state index contributed by atoms with van der Waals surface area (Å²) in [6, 6.07) is 0. The van der Waals surface area contributed by atoms with Gasteiger partial charge in [-0.15, -0.1) is 0 Å². The van der Waals surface area contributed by atoms with Crippen molar-refractivity contribution >= 4 is 45.6 Å². The van der Waals surface area contributed by atoms with Crippen molar-refractivity contribution in [2.45, 2.75) is 0 Å². The second-order valence-electron chi connectivity index (χ2n) is 0.348. The third-order valence-electron chi connectivity index (χ3n) is 0.110. The quantitative estimate of drug-likeness (QED) is 0.563. The van der Waals surface area contributed by atoms with Crippen LogP contribution in [-0.4, -0.2) is 21.1 Å². The number of hydrogen-bond acceptors (Lipinski definition) is 2. The van der Waals surface area contributed by atoms with Crippen LogP contribution in [0.25, 0.3) is 0 Å². The first kappa shape index (κ1) is 6.97. The molecule has 2 N–H and O–H groups in total. The van der Waals surface area contributed by atoms with Gasteiger partial charge in [0.05, 0.1) is 0 Å². The van der Waals surface area contributed by atoms with Gasteiger partial charge in [0, 0.05) is 0 Å². The van der Waals surface area contributed by atoms with Crippen molar-refractivity contribution in [3.63, 3.8) is 0 Å². The zero-order chi connectivity index (χ0) is 4.12. The molecule has 0 heterocycles. The van der Waals surface area contributed by atoms with Gasteiger partial charge < -0.3 is 0 Å². The van der Waals surface area contributed by atoms with E-state index in [1.54, 1.807) is 21.1 Å². The van der Waals surface area contributed by atoms with Gasteiger partial charge in [0.1, 0.15) is 0 Å². The molecule has 0 spiro atoms. The molecule has 0 rings (SSSR count). The normalized spacial score (nSPS) is 13.2. The fourth-order valence-corrected chi connectivity index (χ4v) is 5.34. The van der Waals surface area contributed by atoms with Gasteiger partial charge in [0.2, 0.25) is 0 Å². The van der Waals surface area contributed by atoms with Crippen LogP contribution in [0, 0.1) is 0 Å². The zero-order valence-corrected chi connectivity index (χ0v) is 8.16. The van der Waals surface area contributed by atoms with Gasteiger partial charge in [0.15, 0.2) is 0 Å². The van der Waals surface area contributed by atoms with Gasteiger partial charge in [0.25, 0.3) is 0 Å². The van der Waals surface area contributed by atoms with E-state index in [4.69, 9.17) is 5.50 Å². The average Bonchev–Trinajstić information content (AvgIpc) is 1.41. The molecule has 0 bridgehead atoms. The maximum atomic E-state index is 5.17. The zero-order valence-electron chi connectivity index (χ0n) is 2.49. The summed E-state index contributed by atoms with van der Waals surface area (Å²) in [5.41, 5.74) is 5.17. The van der Waals surface area contributed by atoms with Crippen molar-refractivity contribution in [1.82, 2.24) is 0 Å². The summed E-state index contributed by atoms with van der Waals surface area (Å²) in [5.74, 6) is 0.